The number of hydrogen-bond acceptors (Lipinski definition) is 5. The molecule has 0 radical (unpaired) electrons. The Hall–Kier alpha value is -3.51. The molecule has 1 aliphatic carbocycles. The van der Waals surface area contributed by atoms with Crippen molar-refractivity contribution in [1.29, 1.82) is 0 Å². The molecule has 1 aliphatic rings. The first-order chi connectivity index (χ1) is 15.5. The smallest absolute Gasteiger partial charge is 0.338 e. The Labute approximate surface area is 187 Å². The summed E-state index contributed by atoms with van der Waals surface area (Å²) in [4.78, 5) is 29.4. The summed E-state index contributed by atoms with van der Waals surface area (Å²) in [7, 11) is 0. The van der Waals surface area contributed by atoms with Crippen LogP contribution in [0, 0.1) is 0 Å². The molecule has 1 amide bonds. The summed E-state index contributed by atoms with van der Waals surface area (Å²) in [6.07, 6.45) is 7.30. The molecule has 2 aromatic carbocycles. The first kappa shape index (κ1) is 21.7. The van der Waals surface area contributed by atoms with Crippen molar-refractivity contribution in [3.8, 4) is 11.1 Å². The molecule has 0 bridgehead atoms. The van der Waals surface area contributed by atoms with Crippen LogP contribution in [-0.2, 0) is 4.74 Å². The molecule has 1 unspecified atom stereocenters. The van der Waals surface area contributed by atoms with Crippen LogP contribution in [-0.4, -0.2) is 23.0 Å². The van der Waals surface area contributed by atoms with Gasteiger partial charge in [0.25, 0.3) is 5.91 Å². The lowest BCUT2D eigenvalue weighted by atomic mass is 9.92. The monoisotopic (exact) mass is 429 g/mol. The number of anilines is 1. The topological polar surface area (TPSA) is 94.3 Å². The number of hydrogen-bond donors (Lipinski definition) is 2. The van der Waals surface area contributed by atoms with Gasteiger partial charge in [-0.1, -0.05) is 18.2 Å². The van der Waals surface area contributed by atoms with Gasteiger partial charge in [-0.25, -0.2) is 4.79 Å². The molecule has 4 rings (SSSR count). The molecule has 1 fully saturated rings. The van der Waals surface area contributed by atoms with Crippen molar-refractivity contribution in [3.63, 3.8) is 0 Å². The molecule has 1 aromatic heterocycles. The van der Waals surface area contributed by atoms with Crippen LogP contribution in [0.3, 0.4) is 0 Å². The highest BCUT2D eigenvalue weighted by molar-refractivity contribution is 6.05. The van der Waals surface area contributed by atoms with E-state index in [0.29, 0.717) is 16.8 Å². The van der Waals surface area contributed by atoms with E-state index in [4.69, 9.17) is 10.5 Å². The first-order valence-corrected chi connectivity index (χ1v) is 10.9. The quantitative estimate of drug-likeness (QED) is 0.531. The Kier molecular flexibility index (Phi) is 6.61. The maximum absolute atomic E-state index is 12.8. The zero-order chi connectivity index (χ0) is 22.5. The van der Waals surface area contributed by atoms with E-state index in [1.807, 2.05) is 37.3 Å². The van der Waals surface area contributed by atoms with E-state index in [2.05, 4.69) is 10.3 Å². The fraction of sp³-hybridized carbons (Fsp3) is 0.269. The highest BCUT2D eigenvalue weighted by Gasteiger charge is 2.21. The van der Waals surface area contributed by atoms with E-state index < -0.39 is 0 Å². The molecule has 1 saturated carbocycles. The molecular formula is C26H27N3O3. The van der Waals surface area contributed by atoms with Gasteiger partial charge in [-0.2, -0.15) is 0 Å². The first-order valence-electron chi connectivity index (χ1n) is 10.9. The standard InChI is InChI=1S/C26H27N3O3/c1-17(27)23-10-9-19(25(30)29-21-11-13-28-14-12-21)16-24(23)18-5-4-6-20(15-18)26(31)32-22-7-2-3-8-22/h4-6,9-17,22H,2-3,7-8,27H2,1H3,(H,28,29,30). The minimum atomic E-state index is -0.312. The molecule has 1 heterocycles. The molecule has 32 heavy (non-hydrogen) atoms. The second kappa shape index (κ2) is 9.75. The predicted molar refractivity (Wildman–Crippen MR) is 124 cm³/mol. The fourth-order valence-electron chi connectivity index (χ4n) is 4.02. The van der Waals surface area contributed by atoms with Gasteiger partial charge >= 0.3 is 5.97 Å². The number of carbonyl (C=O) groups excluding carboxylic acids is 2. The lowest BCUT2D eigenvalue weighted by Crippen LogP contribution is -2.15. The second-order valence-corrected chi connectivity index (χ2v) is 8.17. The number of amides is 1. The summed E-state index contributed by atoms with van der Waals surface area (Å²) in [5.41, 5.74) is 10.4. The highest BCUT2D eigenvalue weighted by Crippen LogP contribution is 2.30. The zero-order valence-corrected chi connectivity index (χ0v) is 18.1. The fourth-order valence-corrected chi connectivity index (χ4v) is 4.02. The van der Waals surface area contributed by atoms with E-state index in [-0.39, 0.29) is 24.0 Å². The number of ether oxygens (including phenoxy) is 1. The van der Waals surface area contributed by atoms with Crippen LogP contribution in [0.4, 0.5) is 5.69 Å². The zero-order valence-electron chi connectivity index (χ0n) is 18.1. The van der Waals surface area contributed by atoms with Gasteiger partial charge in [0.05, 0.1) is 5.56 Å². The van der Waals surface area contributed by atoms with Gasteiger partial charge in [-0.3, -0.25) is 9.78 Å². The lowest BCUT2D eigenvalue weighted by molar-refractivity contribution is 0.0318. The van der Waals surface area contributed by atoms with Crippen molar-refractivity contribution in [3.05, 3.63) is 83.7 Å². The normalized spacial score (nSPS) is 14.7. The largest absolute Gasteiger partial charge is 0.459 e. The van der Waals surface area contributed by atoms with Crippen molar-refractivity contribution >= 4 is 17.6 Å². The Balaban J connectivity index is 1.63. The average molecular weight is 430 g/mol. The summed E-state index contributed by atoms with van der Waals surface area (Å²) in [5.74, 6) is -0.543. The van der Waals surface area contributed by atoms with E-state index in [9.17, 15) is 9.59 Å². The van der Waals surface area contributed by atoms with Gasteiger partial charge < -0.3 is 15.8 Å². The number of nitrogens with one attached hydrogen (secondary N) is 1. The Morgan fingerprint density at radius 2 is 1.78 bits per heavy atom. The molecule has 3 N–H and O–H groups in total. The number of rotatable bonds is 6. The SMILES string of the molecule is CC(N)c1ccc(C(=O)Nc2ccncc2)cc1-c1cccc(C(=O)OC2CCCC2)c1. The Morgan fingerprint density at radius 3 is 2.50 bits per heavy atom. The minimum absolute atomic E-state index is 0.00555. The van der Waals surface area contributed by atoms with Crippen LogP contribution in [0.2, 0.25) is 0 Å². The third-order valence-electron chi connectivity index (χ3n) is 5.73. The number of aromatic nitrogens is 1. The van der Waals surface area contributed by atoms with Crippen LogP contribution >= 0.6 is 0 Å². The van der Waals surface area contributed by atoms with E-state index in [1.165, 1.54) is 0 Å². The maximum Gasteiger partial charge on any atom is 0.338 e. The molecule has 3 aromatic rings. The van der Waals surface area contributed by atoms with Crippen LogP contribution in [0.15, 0.2) is 67.0 Å². The molecule has 0 spiro atoms. The number of nitrogens with zero attached hydrogens (tertiary/aromatic N) is 1. The number of benzene rings is 2. The van der Waals surface area contributed by atoms with Crippen molar-refractivity contribution in [2.24, 2.45) is 5.73 Å². The Morgan fingerprint density at radius 1 is 1.03 bits per heavy atom. The van der Waals surface area contributed by atoms with Crippen molar-refractivity contribution in [2.45, 2.75) is 44.8 Å². The second-order valence-electron chi connectivity index (χ2n) is 8.17. The molecule has 6 nitrogen and oxygen atoms in total. The maximum atomic E-state index is 12.8. The molecule has 1 atom stereocenters. The lowest BCUT2D eigenvalue weighted by Gasteiger charge is -2.16. The van der Waals surface area contributed by atoms with E-state index in [1.54, 1.807) is 36.7 Å². The van der Waals surface area contributed by atoms with Gasteiger partial charge in [0.15, 0.2) is 0 Å². The molecule has 0 saturated heterocycles. The van der Waals surface area contributed by atoms with Gasteiger partial charge in [0.1, 0.15) is 6.10 Å². The van der Waals surface area contributed by atoms with Crippen LogP contribution in [0.25, 0.3) is 11.1 Å². The number of carbonyl (C=O) groups is 2. The Bertz CT molecular complexity index is 1110. The summed E-state index contributed by atoms with van der Waals surface area (Å²) in [6.45, 7) is 1.90. The van der Waals surface area contributed by atoms with Crippen molar-refractivity contribution in [2.75, 3.05) is 5.32 Å². The number of pyridine rings is 1. The number of esters is 1. The highest BCUT2D eigenvalue weighted by atomic mass is 16.5. The summed E-state index contributed by atoms with van der Waals surface area (Å²) in [6, 6.07) is 16.0. The van der Waals surface area contributed by atoms with Crippen LogP contribution in [0.5, 0.6) is 0 Å². The van der Waals surface area contributed by atoms with E-state index >= 15 is 0 Å². The average Bonchev–Trinajstić information content (AvgIpc) is 3.32. The van der Waals surface area contributed by atoms with E-state index in [0.717, 1.165) is 42.4 Å². The van der Waals surface area contributed by atoms with Gasteiger partial charge in [-0.05, 0) is 85.7 Å². The van der Waals surface area contributed by atoms with Crippen LogP contribution in [0.1, 0.15) is 64.9 Å². The third kappa shape index (κ3) is 5.03. The summed E-state index contributed by atoms with van der Waals surface area (Å²) in [5, 5.41) is 2.87. The summed E-state index contributed by atoms with van der Waals surface area (Å²) >= 11 is 0. The third-order valence-corrected chi connectivity index (χ3v) is 5.73. The van der Waals surface area contributed by atoms with Crippen LogP contribution < -0.4 is 11.1 Å². The van der Waals surface area contributed by atoms with Gasteiger partial charge in [0.2, 0.25) is 0 Å². The molecule has 6 heteroatoms. The minimum Gasteiger partial charge on any atom is -0.459 e. The predicted octanol–water partition coefficient (Wildman–Crippen LogP) is 5.12. The summed E-state index contributed by atoms with van der Waals surface area (Å²) < 4.78 is 5.66. The van der Waals surface area contributed by atoms with Crippen molar-refractivity contribution in [1.82, 2.24) is 4.98 Å². The number of nitrogens with two attached hydrogens (primary N) is 1. The van der Waals surface area contributed by atoms with Gasteiger partial charge in [-0.15, -0.1) is 0 Å². The van der Waals surface area contributed by atoms with Crippen molar-refractivity contribution < 1.29 is 14.3 Å². The molecular weight excluding hydrogens is 402 g/mol. The molecule has 0 aliphatic heterocycles. The molecule has 164 valence electrons. The van der Waals surface area contributed by atoms with Gasteiger partial charge in [0, 0.05) is 29.7 Å².